The summed E-state index contributed by atoms with van der Waals surface area (Å²) in [4.78, 5) is 18.0. The van der Waals surface area contributed by atoms with Gasteiger partial charge in [-0.15, -0.1) is 12.4 Å². The molecule has 2 heterocycles. The number of hydroxylamine groups is 1. The summed E-state index contributed by atoms with van der Waals surface area (Å²) in [6, 6.07) is 14.0. The maximum Gasteiger partial charge on any atom is 0.264 e. The third-order valence-electron chi connectivity index (χ3n) is 6.56. The van der Waals surface area contributed by atoms with Crippen molar-refractivity contribution in [3.63, 3.8) is 0 Å². The molecule has 0 radical (unpaired) electrons. The van der Waals surface area contributed by atoms with Gasteiger partial charge >= 0.3 is 0 Å². The molecular formula is C25H32ClN5O7S2. The number of nitrogens with zero attached hydrogens (tertiary/aromatic N) is 4. The first-order valence-corrected chi connectivity index (χ1v) is 15.4. The van der Waals surface area contributed by atoms with Crippen LogP contribution in [-0.4, -0.2) is 91.6 Å². The highest BCUT2D eigenvalue weighted by molar-refractivity contribution is 7.89. The highest BCUT2D eigenvalue weighted by Crippen LogP contribution is 2.23. The number of fused-ring (bicyclic) bond motifs is 1. The summed E-state index contributed by atoms with van der Waals surface area (Å²) in [7, 11) is -7.77. The molecule has 15 heteroatoms. The molecule has 1 aliphatic rings. The predicted molar refractivity (Wildman–Crippen MR) is 151 cm³/mol. The molecule has 40 heavy (non-hydrogen) atoms. The van der Waals surface area contributed by atoms with Crippen molar-refractivity contribution in [2.24, 2.45) is 5.73 Å². The lowest BCUT2D eigenvalue weighted by Gasteiger charge is -2.37. The number of para-hydroxylation sites is 1. The van der Waals surface area contributed by atoms with Crippen molar-refractivity contribution in [1.82, 2.24) is 18.7 Å². The van der Waals surface area contributed by atoms with Gasteiger partial charge < -0.3 is 10.5 Å². The molecule has 3 N–H and O–H groups in total. The molecule has 218 valence electrons. The number of primary amides is 1. The van der Waals surface area contributed by atoms with Crippen molar-refractivity contribution in [3.05, 3.63) is 65.9 Å². The molecule has 1 fully saturated rings. The molecule has 4 rings (SSSR count). The average molecular weight is 614 g/mol. The molecule has 3 aromatic rings. The number of aromatic nitrogens is 1. The summed E-state index contributed by atoms with van der Waals surface area (Å²) in [5, 5.41) is 11.4. The van der Waals surface area contributed by atoms with E-state index in [1.807, 2.05) is 37.3 Å². The van der Waals surface area contributed by atoms with E-state index in [4.69, 9.17) is 10.5 Å². The summed E-state index contributed by atoms with van der Waals surface area (Å²) in [6.07, 6.45) is 1.09. The molecule has 0 bridgehead atoms. The van der Waals surface area contributed by atoms with Crippen LogP contribution in [0.15, 0.2) is 59.5 Å². The molecular weight excluding hydrogens is 582 g/mol. The van der Waals surface area contributed by atoms with E-state index in [-0.39, 0.29) is 54.6 Å². The number of carbonyl (C=O) groups is 1. The molecule has 0 aliphatic carbocycles. The zero-order valence-corrected chi connectivity index (χ0v) is 24.5. The Morgan fingerprint density at radius 1 is 1.07 bits per heavy atom. The fourth-order valence-corrected chi connectivity index (χ4v) is 6.37. The van der Waals surface area contributed by atoms with Gasteiger partial charge in [0.1, 0.15) is 18.4 Å². The third kappa shape index (κ3) is 7.26. The van der Waals surface area contributed by atoms with Crippen molar-refractivity contribution in [3.8, 4) is 5.75 Å². The highest BCUT2D eigenvalue weighted by atomic mass is 35.5. The van der Waals surface area contributed by atoms with E-state index >= 15 is 0 Å². The largest absolute Gasteiger partial charge is 0.489 e. The number of hydrogen-bond donors (Lipinski definition) is 2. The van der Waals surface area contributed by atoms with Crippen LogP contribution in [0.3, 0.4) is 0 Å². The second-order valence-electron chi connectivity index (χ2n) is 9.33. The number of nitrogens with two attached hydrogens (primary N) is 1. The lowest BCUT2D eigenvalue weighted by atomic mass is 10.1. The first-order valence-electron chi connectivity index (χ1n) is 12.1. The Kier molecular flexibility index (Phi) is 10.1. The van der Waals surface area contributed by atoms with Gasteiger partial charge in [-0.25, -0.2) is 16.8 Å². The molecule has 1 saturated heterocycles. The van der Waals surface area contributed by atoms with Gasteiger partial charge in [-0.05, 0) is 43.3 Å². The second-order valence-corrected chi connectivity index (χ2v) is 13.2. The number of sulfonamides is 2. The summed E-state index contributed by atoms with van der Waals surface area (Å²) >= 11 is 0. The van der Waals surface area contributed by atoms with Gasteiger partial charge in [-0.3, -0.25) is 19.9 Å². The van der Waals surface area contributed by atoms with E-state index in [0.29, 0.717) is 5.75 Å². The first-order chi connectivity index (χ1) is 18.4. The maximum absolute atomic E-state index is 13.0. The van der Waals surface area contributed by atoms with Crippen LogP contribution in [0.4, 0.5) is 0 Å². The topological polar surface area (TPSA) is 163 Å². The number of piperazine rings is 1. The van der Waals surface area contributed by atoms with Crippen LogP contribution in [0.5, 0.6) is 5.75 Å². The normalized spacial score (nSPS) is 16.0. The molecule has 12 nitrogen and oxygen atoms in total. The van der Waals surface area contributed by atoms with Crippen molar-refractivity contribution < 1.29 is 31.6 Å². The molecule has 0 unspecified atom stereocenters. The van der Waals surface area contributed by atoms with Crippen molar-refractivity contribution >= 4 is 49.3 Å². The third-order valence-corrected chi connectivity index (χ3v) is 9.44. The Bertz CT molecular complexity index is 1560. The van der Waals surface area contributed by atoms with Crippen molar-refractivity contribution in [1.29, 1.82) is 0 Å². The van der Waals surface area contributed by atoms with Crippen molar-refractivity contribution in [2.45, 2.75) is 24.5 Å². The number of pyridine rings is 1. The molecule has 0 spiro atoms. The smallest absolute Gasteiger partial charge is 0.264 e. The van der Waals surface area contributed by atoms with Crippen LogP contribution >= 0.6 is 12.4 Å². The number of hydrogen-bond acceptors (Lipinski definition) is 9. The van der Waals surface area contributed by atoms with E-state index in [1.54, 1.807) is 4.90 Å². The monoisotopic (exact) mass is 613 g/mol. The molecule has 0 saturated carbocycles. The number of benzene rings is 2. The first kappa shape index (κ1) is 31.7. The number of carbonyl (C=O) groups excluding carboxylic acids is 1. The Hall–Kier alpha value is -2.85. The summed E-state index contributed by atoms with van der Waals surface area (Å²) in [5.41, 5.74) is 8.14. The minimum atomic E-state index is -4.37. The van der Waals surface area contributed by atoms with Gasteiger partial charge in [0.15, 0.2) is 0 Å². The quantitative estimate of drug-likeness (QED) is 0.321. The van der Waals surface area contributed by atoms with Crippen LogP contribution in [0.1, 0.15) is 11.3 Å². The highest BCUT2D eigenvalue weighted by Gasteiger charge is 2.34. The van der Waals surface area contributed by atoms with E-state index in [2.05, 4.69) is 4.98 Å². The fraction of sp³-hybridized carbons (Fsp3) is 0.360. The molecule has 1 aromatic heterocycles. The van der Waals surface area contributed by atoms with E-state index in [1.165, 1.54) is 28.6 Å². The Morgan fingerprint density at radius 2 is 1.70 bits per heavy atom. The molecule has 2 aromatic carbocycles. The number of ether oxygens (including phenoxy) is 1. The zero-order chi connectivity index (χ0) is 28.4. The van der Waals surface area contributed by atoms with E-state index < -0.39 is 38.5 Å². The zero-order valence-electron chi connectivity index (χ0n) is 22.0. The van der Waals surface area contributed by atoms with Crippen LogP contribution in [0.2, 0.25) is 0 Å². The van der Waals surface area contributed by atoms with Gasteiger partial charge in [-0.1, -0.05) is 22.7 Å². The average Bonchev–Trinajstić information content (AvgIpc) is 2.89. The molecule has 1 amide bonds. The van der Waals surface area contributed by atoms with Gasteiger partial charge in [0.25, 0.3) is 10.0 Å². The Morgan fingerprint density at radius 3 is 2.30 bits per heavy atom. The van der Waals surface area contributed by atoms with Gasteiger partial charge in [0.2, 0.25) is 15.9 Å². The van der Waals surface area contributed by atoms with Gasteiger partial charge in [0, 0.05) is 42.8 Å². The number of aryl methyl sites for hydroxylation is 1. The number of amides is 1. The predicted octanol–water partition coefficient (Wildman–Crippen LogP) is 1.36. The SMILES string of the molecule is Cc1cc(COc2ccc(S(=O)(=O)N(O)C[C@@H](C(N)=O)N3CCN(S(C)(=O)=O)CC3)cc2)c2ccccc2n1.Cl. The maximum atomic E-state index is 13.0. The van der Waals surface area contributed by atoms with Crippen LogP contribution < -0.4 is 10.5 Å². The minimum Gasteiger partial charge on any atom is -0.489 e. The Labute approximate surface area is 239 Å². The van der Waals surface area contributed by atoms with E-state index in [0.717, 1.165) is 28.4 Å². The second kappa shape index (κ2) is 12.8. The fourth-order valence-electron chi connectivity index (χ4n) is 4.48. The van der Waals surface area contributed by atoms with Gasteiger partial charge in [-0.2, -0.15) is 4.31 Å². The lowest BCUT2D eigenvalue weighted by molar-refractivity contribution is -0.126. The number of rotatable bonds is 10. The number of halogens is 1. The van der Waals surface area contributed by atoms with Gasteiger partial charge in [0.05, 0.1) is 23.2 Å². The molecule has 1 atom stereocenters. The van der Waals surface area contributed by atoms with Crippen molar-refractivity contribution in [2.75, 3.05) is 39.0 Å². The Balaban J connectivity index is 0.00000441. The van der Waals surface area contributed by atoms with E-state index in [9.17, 15) is 26.8 Å². The summed E-state index contributed by atoms with van der Waals surface area (Å²) in [5.74, 6) is -0.407. The van der Waals surface area contributed by atoms with Crippen LogP contribution in [-0.2, 0) is 31.4 Å². The van der Waals surface area contributed by atoms with Crippen LogP contribution in [0.25, 0.3) is 10.9 Å². The standard InChI is InChI=1S/C25H31N5O7S2.ClH/c1-18-15-19(22-5-3-4-6-23(22)27-18)17-37-20-7-9-21(10-8-20)39(35,36)30(32)16-24(25(26)31)28-11-13-29(14-12-28)38(2,33)34;/h3-10,15,24,32H,11-14,16-17H2,1-2H3,(H2,26,31);1H/t24-;/m0./s1. The van der Waals surface area contributed by atoms with Crippen LogP contribution in [0, 0.1) is 6.92 Å². The minimum absolute atomic E-state index is 0. The lowest BCUT2D eigenvalue weighted by Crippen LogP contribution is -2.58. The summed E-state index contributed by atoms with van der Waals surface area (Å²) < 4.78 is 56.7. The summed E-state index contributed by atoms with van der Waals surface area (Å²) in [6.45, 7) is 2.10. The molecule has 1 aliphatic heterocycles.